The summed E-state index contributed by atoms with van der Waals surface area (Å²) in [7, 11) is 0. The maximum absolute atomic E-state index is 5.67. The van der Waals surface area contributed by atoms with Gasteiger partial charge in [-0.25, -0.2) is 0 Å². The fourth-order valence-corrected chi connectivity index (χ4v) is 2.62. The molecular formula is C17H20BrNO. The predicted octanol–water partition coefficient (Wildman–Crippen LogP) is 5.41. The van der Waals surface area contributed by atoms with Gasteiger partial charge >= 0.3 is 0 Å². The van der Waals surface area contributed by atoms with E-state index >= 15 is 0 Å². The van der Waals surface area contributed by atoms with Crippen LogP contribution < -0.4 is 10.1 Å². The van der Waals surface area contributed by atoms with Crippen LogP contribution in [0.25, 0.3) is 0 Å². The summed E-state index contributed by atoms with van der Waals surface area (Å²) in [6.07, 6.45) is 1.01. The molecule has 3 heteroatoms. The molecule has 106 valence electrons. The van der Waals surface area contributed by atoms with E-state index in [2.05, 4.69) is 52.4 Å². The average molecular weight is 334 g/mol. The summed E-state index contributed by atoms with van der Waals surface area (Å²) >= 11 is 3.53. The number of hydrogen-bond acceptors (Lipinski definition) is 2. The van der Waals surface area contributed by atoms with Gasteiger partial charge in [0.1, 0.15) is 5.75 Å². The molecule has 0 bridgehead atoms. The van der Waals surface area contributed by atoms with Gasteiger partial charge in [-0.1, -0.05) is 47.1 Å². The van der Waals surface area contributed by atoms with E-state index in [1.165, 1.54) is 5.56 Å². The first-order valence-corrected chi connectivity index (χ1v) is 7.77. The summed E-state index contributed by atoms with van der Waals surface area (Å²) in [5.41, 5.74) is 2.31. The van der Waals surface area contributed by atoms with Crippen molar-refractivity contribution in [2.45, 2.75) is 26.3 Å². The molecule has 0 fully saturated rings. The van der Waals surface area contributed by atoms with Crippen molar-refractivity contribution in [1.29, 1.82) is 0 Å². The second-order valence-electron chi connectivity index (χ2n) is 4.59. The quantitative estimate of drug-likeness (QED) is 0.762. The first-order chi connectivity index (χ1) is 9.74. The molecular weight excluding hydrogens is 314 g/mol. The summed E-state index contributed by atoms with van der Waals surface area (Å²) in [4.78, 5) is 0. The highest BCUT2D eigenvalue weighted by Crippen LogP contribution is 2.30. The molecule has 0 radical (unpaired) electrons. The molecule has 20 heavy (non-hydrogen) atoms. The molecule has 0 aliphatic heterocycles. The van der Waals surface area contributed by atoms with Gasteiger partial charge < -0.3 is 10.1 Å². The van der Waals surface area contributed by atoms with Crippen LogP contribution in [0.15, 0.2) is 53.0 Å². The second-order valence-corrected chi connectivity index (χ2v) is 5.51. The molecule has 0 aromatic heterocycles. The zero-order chi connectivity index (χ0) is 14.4. The minimum atomic E-state index is 0.272. The molecule has 1 N–H and O–H groups in total. The van der Waals surface area contributed by atoms with Crippen molar-refractivity contribution >= 4 is 21.6 Å². The Morgan fingerprint density at radius 3 is 2.60 bits per heavy atom. The van der Waals surface area contributed by atoms with Crippen LogP contribution in [0.4, 0.5) is 5.69 Å². The number of anilines is 1. The monoisotopic (exact) mass is 333 g/mol. The van der Waals surface area contributed by atoms with Gasteiger partial charge in [0.15, 0.2) is 0 Å². The lowest BCUT2D eigenvalue weighted by atomic mass is 10.0. The molecule has 2 rings (SSSR count). The van der Waals surface area contributed by atoms with Crippen molar-refractivity contribution in [2.24, 2.45) is 0 Å². The fourth-order valence-electron chi connectivity index (χ4n) is 2.20. The van der Waals surface area contributed by atoms with Gasteiger partial charge in [-0.3, -0.25) is 0 Å². The first-order valence-electron chi connectivity index (χ1n) is 6.98. The second kappa shape index (κ2) is 7.34. The van der Waals surface area contributed by atoms with Crippen LogP contribution in [0.2, 0.25) is 0 Å². The zero-order valence-electron chi connectivity index (χ0n) is 11.9. The highest BCUT2D eigenvalue weighted by molar-refractivity contribution is 9.10. The molecule has 0 aliphatic carbocycles. The summed E-state index contributed by atoms with van der Waals surface area (Å²) in [5.74, 6) is 0.906. The number of benzene rings is 2. The standard InChI is InChI=1S/C17H20BrNO/c1-3-15(13-8-7-9-14(18)12-13)19-16-10-5-6-11-17(16)20-4-2/h5-12,15,19H,3-4H2,1-2H3. The molecule has 0 heterocycles. The first kappa shape index (κ1) is 14.9. The van der Waals surface area contributed by atoms with Crippen molar-refractivity contribution in [3.8, 4) is 5.75 Å². The number of halogens is 1. The molecule has 0 spiro atoms. The van der Waals surface area contributed by atoms with Gasteiger partial charge in [-0.15, -0.1) is 0 Å². The predicted molar refractivity (Wildman–Crippen MR) is 88.4 cm³/mol. The summed E-state index contributed by atoms with van der Waals surface area (Å²) in [6, 6.07) is 16.8. The van der Waals surface area contributed by atoms with E-state index < -0.39 is 0 Å². The van der Waals surface area contributed by atoms with E-state index in [1.54, 1.807) is 0 Å². The SMILES string of the molecule is CCOc1ccccc1NC(CC)c1cccc(Br)c1. The van der Waals surface area contributed by atoms with Crippen LogP contribution in [-0.2, 0) is 0 Å². The van der Waals surface area contributed by atoms with Crippen LogP contribution in [0.5, 0.6) is 5.75 Å². The van der Waals surface area contributed by atoms with Gasteiger partial charge in [-0.2, -0.15) is 0 Å². The van der Waals surface area contributed by atoms with Crippen molar-refractivity contribution in [3.05, 3.63) is 58.6 Å². The molecule has 2 aromatic carbocycles. The average Bonchev–Trinajstić information content (AvgIpc) is 2.46. The van der Waals surface area contributed by atoms with Gasteiger partial charge in [0.05, 0.1) is 18.3 Å². The van der Waals surface area contributed by atoms with Gasteiger partial charge in [-0.05, 0) is 43.2 Å². The smallest absolute Gasteiger partial charge is 0.142 e. The van der Waals surface area contributed by atoms with Crippen molar-refractivity contribution in [3.63, 3.8) is 0 Å². The van der Waals surface area contributed by atoms with Crippen molar-refractivity contribution in [2.75, 3.05) is 11.9 Å². The Morgan fingerprint density at radius 2 is 1.90 bits per heavy atom. The lowest BCUT2D eigenvalue weighted by Crippen LogP contribution is -2.10. The van der Waals surface area contributed by atoms with E-state index in [0.717, 1.165) is 22.3 Å². The summed E-state index contributed by atoms with van der Waals surface area (Å²) in [5, 5.41) is 3.58. The van der Waals surface area contributed by atoms with E-state index in [-0.39, 0.29) is 6.04 Å². The van der Waals surface area contributed by atoms with Crippen molar-refractivity contribution < 1.29 is 4.74 Å². The molecule has 0 saturated carbocycles. The highest BCUT2D eigenvalue weighted by atomic mass is 79.9. The minimum Gasteiger partial charge on any atom is -0.492 e. The van der Waals surface area contributed by atoms with E-state index in [1.807, 2.05) is 31.2 Å². The third-order valence-corrected chi connectivity index (χ3v) is 3.67. The lowest BCUT2D eigenvalue weighted by molar-refractivity contribution is 0.341. The van der Waals surface area contributed by atoms with Crippen LogP contribution in [0, 0.1) is 0 Å². The van der Waals surface area contributed by atoms with Crippen LogP contribution >= 0.6 is 15.9 Å². The fraction of sp³-hybridized carbons (Fsp3) is 0.294. The van der Waals surface area contributed by atoms with E-state index in [4.69, 9.17) is 4.74 Å². The Hall–Kier alpha value is -1.48. The Labute approximate surface area is 129 Å². The molecule has 1 unspecified atom stereocenters. The van der Waals surface area contributed by atoms with Gasteiger partial charge in [0.2, 0.25) is 0 Å². The zero-order valence-corrected chi connectivity index (χ0v) is 13.5. The Balaban J connectivity index is 2.22. The van der Waals surface area contributed by atoms with Crippen LogP contribution in [-0.4, -0.2) is 6.61 Å². The number of hydrogen-bond donors (Lipinski definition) is 1. The molecule has 2 aromatic rings. The van der Waals surface area contributed by atoms with Gasteiger partial charge in [0, 0.05) is 4.47 Å². The largest absolute Gasteiger partial charge is 0.492 e. The van der Waals surface area contributed by atoms with E-state index in [9.17, 15) is 0 Å². The highest BCUT2D eigenvalue weighted by Gasteiger charge is 2.11. The minimum absolute atomic E-state index is 0.272. The third-order valence-electron chi connectivity index (χ3n) is 3.18. The lowest BCUT2D eigenvalue weighted by Gasteiger charge is -2.21. The maximum Gasteiger partial charge on any atom is 0.142 e. The Morgan fingerprint density at radius 1 is 1.10 bits per heavy atom. The van der Waals surface area contributed by atoms with Gasteiger partial charge in [0.25, 0.3) is 0 Å². The topological polar surface area (TPSA) is 21.3 Å². The summed E-state index contributed by atoms with van der Waals surface area (Å²) in [6.45, 7) is 4.86. The molecule has 2 nitrogen and oxygen atoms in total. The van der Waals surface area contributed by atoms with Crippen LogP contribution in [0.1, 0.15) is 31.9 Å². The van der Waals surface area contributed by atoms with Crippen LogP contribution in [0.3, 0.4) is 0 Å². The summed E-state index contributed by atoms with van der Waals surface area (Å²) < 4.78 is 6.78. The molecule has 0 saturated heterocycles. The van der Waals surface area contributed by atoms with Crippen molar-refractivity contribution in [1.82, 2.24) is 0 Å². The van der Waals surface area contributed by atoms with E-state index in [0.29, 0.717) is 6.61 Å². The number of nitrogens with one attached hydrogen (secondary N) is 1. The number of ether oxygens (including phenoxy) is 1. The molecule has 1 atom stereocenters. The number of rotatable bonds is 6. The maximum atomic E-state index is 5.67. The normalized spacial score (nSPS) is 11.9. The third kappa shape index (κ3) is 3.76. The molecule has 0 amide bonds. The molecule has 0 aliphatic rings. The number of para-hydroxylation sites is 2. The Kier molecular flexibility index (Phi) is 5.48. The Bertz CT molecular complexity index is 556.